The molecule has 29 heavy (non-hydrogen) atoms. The number of hydrogen-bond acceptors (Lipinski definition) is 0. The molecule has 0 radical (unpaired) electrons. The normalized spacial score (nSPS) is 16.8. The Labute approximate surface area is 174 Å². The molecule has 0 heteroatoms. The third-order valence-electron chi connectivity index (χ3n) is 6.69. The lowest BCUT2D eigenvalue weighted by atomic mass is 9.87. The van der Waals surface area contributed by atoms with Gasteiger partial charge in [0.25, 0.3) is 0 Å². The molecule has 0 nitrogen and oxygen atoms in total. The van der Waals surface area contributed by atoms with E-state index >= 15 is 0 Å². The molecule has 0 amide bonds. The van der Waals surface area contributed by atoms with Crippen molar-refractivity contribution in [3.63, 3.8) is 0 Å². The van der Waals surface area contributed by atoms with Crippen LogP contribution in [0.5, 0.6) is 0 Å². The van der Waals surface area contributed by atoms with Gasteiger partial charge in [-0.25, -0.2) is 0 Å². The Morgan fingerprint density at radius 3 is 1.93 bits per heavy atom. The SMILES string of the molecule is C=CCCCC1=CC(CCC2c3ccccc3-c3ccccc32)c2ccccc21. The molecule has 0 spiro atoms. The molecule has 144 valence electrons. The van der Waals surface area contributed by atoms with E-state index in [1.54, 1.807) is 5.57 Å². The fourth-order valence-corrected chi connectivity index (χ4v) is 5.35. The molecule has 0 bridgehead atoms. The first-order chi connectivity index (χ1) is 14.4. The second-order valence-electron chi connectivity index (χ2n) is 8.37. The lowest BCUT2D eigenvalue weighted by Gasteiger charge is -2.17. The number of fused-ring (bicyclic) bond motifs is 4. The molecular weight excluding hydrogens is 348 g/mol. The highest BCUT2D eigenvalue weighted by atomic mass is 14.3. The van der Waals surface area contributed by atoms with Crippen molar-refractivity contribution >= 4 is 5.57 Å². The molecule has 0 fully saturated rings. The molecule has 1 unspecified atom stereocenters. The van der Waals surface area contributed by atoms with Crippen LogP contribution in [0.1, 0.15) is 66.2 Å². The quantitative estimate of drug-likeness (QED) is 0.288. The lowest BCUT2D eigenvalue weighted by molar-refractivity contribution is 0.633. The van der Waals surface area contributed by atoms with E-state index in [0.717, 1.165) is 12.8 Å². The Hall–Kier alpha value is -2.86. The average Bonchev–Trinajstić information content (AvgIpc) is 3.28. The van der Waals surface area contributed by atoms with Gasteiger partial charge in [-0.15, -0.1) is 6.58 Å². The van der Waals surface area contributed by atoms with Crippen LogP contribution in [0.3, 0.4) is 0 Å². The molecule has 2 aliphatic carbocycles. The van der Waals surface area contributed by atoms with Gasteiger partial charge in [0.15, 0.2) is 0 Å². The van der Waals surface area contributed by atoms with Crippen molar-refractivity contribution < 1.29 is 0 Å². The van der Waals surface area contributed by atoms with Gasteiger partial charge in [-0.1, -0.05) is 84.9 Å². The van der Waals surface area contributed by atoms with E-state index in [1.165, 1.54) is 52.6 Å². The Morgan fingerprint density at radius 2 is 1.28 bits per heavy atom. The Morgan fingerprint density at radius 1 is 0.690 bits per heavy atom. The summed E-state index contributed by atoms with van der Waals surface area (Å²) in [4.78, 5) is 0. The van der Waals surface area contributed by atoms with Crippen LogP contribution in [0.4, 0.5) is 0 Å². The molecule has 2 aliphatic rings. The van der Waals surface area contributed by atoms with E-state index in [1.807, 2.05) is 6.08 Å². The maximum atomic E-state index is 3.87. The van der Waals surface area contributed by atoms with Crippen LogP contribution in [0.2, 0.25) is 0 Å². The van der Waals surface area contributed by atoms with Crippen LogP contribution >= 0.6 is 0 Å². The topological polar surface area (TPSA) is 0 Å². The third kappa shape index (κ3) is 3.27. The van der Waals surface area contributed by atoms with Crippen molar-refractivity contribution in [1.29, 1.82) is 0 Å². The van der Waals surface area contributed by atoms with Crippen molar-refractivity contribution in [2.75, 3.05) is 0 Å². The molecule has 1 atom stereocenters. The van der Waals surface area contributed by atoms with Gasteiger partial charge in [-0.3, -0.25) is 0 Å². The van der Waals surface area contributed by atoms with Crippen molar-refractivity contribution in [3.8, 4) is 11.1 Å². The van der Waals surface area contributed by atoms with Crippen molar-refractivity contribution in [3.05, 3.63) is 114 Å². The van der Waals surface area contributed by atoms with Gasteiger partial charge >= 0.3 is 0 Å². The maximum Gasteiger partial charge on any atom is 0.0102 e. The number of allylic oxidation sites excluding steroid dienone is 3. The predicted octanol–water partition coefficient (Wildman–Crippen LogP) is 8.12. The molecule has 0 N–H and O–H groups in total. The highest BCUT2D eigenvalue weighted by Crippen LogP contribution is 2.49. The fraction of sp³-hybridized carbons (Fsp3) is 0.241. The first-order valence-electron chi connectivity index (χ1n) is 11.0. The molecule has 0 aliphatic heterocycles. The highest BCUT2D eigenvalue weighted by Gasteiger charge is 2.30. The molecule has 0 heterocycles. The van der Waals surface area contributed by atoms with Gasteiger partial charge < -0.3 is 0 Å². The van der Waals surface area contributed by atoms with Crippen LogP contribution in [0.15, 0.2) is 91.5 Å². The van der Waals surface area contributed by atoms with Gasteiger partial charge in [0, 0.05) is 11.8 Å². The number of benzene rings is 3. The zero-order valence-electron chi connectivity index (χ0n) is 17.0. The molecule has 0 saturated heterocycles. The summed E-state index contributed by atoms with van der Waals surface area (Å²) < 4.78 is 0. The standard InChI is InChI=1S/C29H28/c1-2-3-4-11-21-20-22(24-13-6-5-12-23(21)24)18-19-29-27-16-9-7-14-25(27)26-15-8-10-17-28(26)29/h2,5-10,12-17,20,22,29H,1,3-4,11,18-19H2. The summed E-state index contributed by atoms with van der Waals surface area (Å²) in [7, 11) is 0. The van der Waals surface area contributed by atoms with Gasteiger partial charge in [0.1, 0.15) is 0 Å². The minimum absolute atomic E-state index is 0.521. The Balaban J connectivity index is 1.39. The third-order valence-corrected chi connectivity index (χ3v) is 6.69. The van der Waals surface area contributed by atoms with Crippen LogP contribution in [-0.2, 0) is 0 Å². The summed E-state index contributed by atoms with van der Waals surface area (Å²) in [6.07, 6.45) is 10.4. The highest BCUT2D eigenvalue weighted by molar-refractivity contribution is 5.79. The largest absolute Gasteiger partial charge is 0.103 e. The fourth-order valence-electron chi connectivity index (χ4n) is 5.35. The lowest BCUT2D eigenvalue weighted by Crippen LogP contribution is -2.01. The average molecular weight is 377 g/mol. The smallest absolute Gasteiger partial charge is 0.0102 e. The van der Waals surface area contributed by atoms with Gasteiger partial charge in [-0.05, 0) is 71.1 Å². The zero-order valence-corrected chi connectivity index (χ0v) is 17.0. The summed E-state index contributed by atoms with van der Waals surface area (Å²) in [5, 5.41) is 0. The first kappa shape index (κ1) is 18.2. The minimum Gasteiger partial charge on any atom is -0.103 e. The van der Waals surface area contributed by atoms with E-state index in [9.17, 15) is 0 Å². The Bertz CT molecular complexity index is 1020. The van der Waals surface area contributed by atoms with Crippen LogP contribution in [0, 0.1) is 0 Å². The van der Waals surface area contributed by atoms with Crippen LogP contribution in [0.25, 0.3) is 16.7 Å². The summed E-state index contributed by atoms with van der Waals surface area (Å²) in [6.45, 7) is 3.87. The summed E-state index contributed by atoms with van der Waals surface area (Å²) >= 11 is 0. The predicted molar refractivity (Wildman–Crippen MR) is 124 cm³/mol. The monoisotopic (exact) mass is 376 g/mol. The summed E-state index contributed by atoms with van der Waals surface area (Å²) in [6, 6.07) is 27.0. The summed E-state index contributed by atoms with van der Waals surface area (Å²) in [5.74, 6) is 1.07. The van der Waals surface area contributed by atoms with Gasteiger partial charge in [-0.2, -0.15) is 0 Å². The zero-order chi connectivity index (χ0) is 19.6. The van der Waals surface area contributed by atoms with E-state index in [4.69, 9.17) is 0 Å². The minimum atomic E-state index is 0.521. The van der Waals surface area contributed by atoms with Crippen LogP contribution in [-0.4, -0.2) is 0 Å². The Kier molecular flexibility index (Phi) is 4.94. The van der Waals surface area contributed by atoms with E-state index in [0.29, 0.717) is 11.8 Å². The van der Waals surface area contributed by atoms with Crippen molar-refractivity contribution in [2.24, 2.45) is 0 Å². The van der Waals surface area contributed by atoms with Gasteiger partial charge in [0.2, 0.25) is 0 Å². The second kappa shape index (κ2) is 7.87. The second-order valence-corrected chi connectivity index (χ2v) is 8.37. The number of unbranched alkanes of at least 4 members (excludes halogenated alkanes) is 1. The first-order valence-corrected chi connectivity index (χ1v) is 11.0. The molecular formula is C29H28. The van der Waals surface area contributed by atoms with Crippen molar-refractivity contribution in [1.82, 2.24) is 0 Å². The van der Waals surface area contributed by atoms with Crippen LogP contribution < -0.4 is 0 Å². The molecule has 0 aromatic heterocycles. The van der Waals surface area contributed by atoms with Crippen molar-refractivity contribution in [2.45, 2.75) is 43.9 Å². The summed E-state index contributed by atoms with van der Waals surface area (Å²) in [5.41, 5.74) is 10.4. The molecule has 3 aromatic rings. The maximum absolute atomic E-state index is 3.87. The molecule has 5 rings (SSSR count). The van der Waals surface area contributed by atoms with E-state index < -0.39 is 0 Å². The van der Waals surface area contributed by atoms with E-state index in [2.05, 4.69) is 85.5 Å². The number of hydrogen-bond donors (Lipinski definition) is 0. The molecule has 3 aromatic carbocycles. The van der Waals surface area contributed by atoms with E-state index in [-0.39, 0.29) is 0 Å². The molecule has 0 saturated carbocycles. The number of rotatable bonds is 7. The van der Waals surface area contributed by atoms with Gasteiger partial charge in [0.05, 0.1) is 0 Å².